The molecule has 0 aromatic carbocycles. The van der Waals surface area contributed by atoms with E-state index < -0.39 is 0 Å². The van der Waals surface area contributed by atoms with Gasteiger partial charge in [-0.3, -0.25) is 4.99 Å². The number of allylic oxidation sites excluding steroid dienone is 4. The van der Waals surface area contributed by atoms with Crippen molar-refractivity contribution in [2.45, 2.75) is 34.1 Å². The molecule has 0 bridgehead atoms. The van der Waals surface area contributed by atoms with E-state index in [0.717, 1.165) is 6.42 Å². The van der Waals surface area contributed by atoms with Crippen molar-refractivity contribution in [3.05, 3.63) is 23.4 Å². The van der Waals surface area contributed by atoms with Crippen LogP contribution in [0.4, 0.5) is 0 Å². The van der Waals surface area contributed by atoms with E-state index in [-0.39, 0.29) is 0 Å². The maximum Gasteiger partial charge on any atom is 0.0425 e. The third-order valence-corrected chi connectivity index (χ3v) is 2.37. The largest absolute Gasteiger partial charge is 0.265 e. The topological polar surface area (TPSA) is 12.4 Å². The summed E-state index contributed by atoms with van der Waals surface area (Å²) in [6.07, 6.45) is 7.42. The van der Waals surface area contributed by atoms with Crippen molar-refractivity contribution in [1.82, 2.24) is 0 Å². The number of hydrogen-bond donors (Lipinski definition) is 0. The first-order chi connectivity index (χ1) is 6.11. The second-order valence-electron chi connectivity index (χ2n) is 4.16. The molecule has 0 radical (unpaired) electrons. The predicted octanol–water partition coefficient (Wildman–Crippen LogP) is 3.58. The highest BCUT2D eigenvalue weighted by Crippen LogP contribution is 2.19. The lowest BCUT2D eigenvalue weighted by Gasteiger charge is -2.05. The van der Waals surface area contributed by atoms with Crippen LogP contribution in [0.2, 0.25) is 0 Å². The molecule has 0 saturated heterocycles. The van der Waals surface area contributed by atoms with Crippen LogP contribution in [0.5, 0.6) is 0 Å². The lowest BCUT2D eigenvalue weighted by atomic mass is 10.0. The van der Waals surface area contributed by atoms with Gasteiger partial charge in [0.05, 0.1) is 0 Å². The zero-order valence-corrected chi connectivity index (χ0v) is 9.04. The third-order valence-electron chi connectivity index (χ3n) is 2.37. The van der Waals surface area contributed by atoms with Crippen molar-refractivity contribution in [2.75, 3.05) is 0 Å². The lowest BCUT2D eigenvalue weighted by molar-refractivity contribution is 0.757. The fourth-order valence-corrected chi connectivity index (χ4v) is 1.33. The zero-order chi connectivity index (χ0) is 9.84. The molecule has 0 aromatic heterocycles. The van der Waals surface area contributed by atoms with Crippen molar-refractivity contribution >= 4 is 6.21 Å². The molecule has 0 unspecified atom stereocenters. The van der Waals surface area contributed by atoms with Crippen molar-refractivity contribution in [2.24, 2.45) is 16.8 Å². The fraction of sp³-hybridized carbons (Fsp3) is 0.583. The minimum atomic E-state index is 0.527. The Morgan fingerprint density at radius 3 is 2.31 bits per heavy atom. The Kier molecular flexibility index (Phi) is 3.47. The number of aliphatic imine (C=N–C) groups is 1. The van der Waals surface area contributed by atoms with Gasteiger partial charge >= 0.3 is 0 Å². The van der Waals surface area contributed by atoms with Crippen LogP contribution in [0.25, 0.3) is 0 Å². The van der Waals surface area contributed by atoms with E-state index in [9.17, 15) is 0 Å². The van der Waals surface area contributed by atoms with Gasteiger partial charge in [-0.25, -0.2) is 0 Å². The van der Waals surface area contributed by atoms with Gasteiger partial charge in [0.15, 0.2) is 0 Å². The summed E-state index contributed by atoms with van der Waals surface area (Å²) in [7, 11) is 0. The average molecular weight is 177 g/mol. The predicted molar refractivity (Wildman–Crippen MR) is 59.0 cm³/mol. The highest BCUT2D eigenvalue weighted by atomic mass is 14.7. The van der Waals surface area contributed by atoms with Crippen LogP contribution in [0.15, 0.2) is 28.4 Å². The smallest absolute Gasteiger partial charge is 0.0425 e. The van der Waals surface area contributed by atoms with E-state index in [2.05, 4.69) is 44.8 Å². The summed E-state index contributed by atoms with van der Waals surface area (Å²) in [6, 6.07) is 0. The summed E-state index contributed by atoms with van der Waals surface area (Å²) in [5.74, 6) is 1.16. The van der Waals surface area contributed by atoms with E-state index in [0.29, 0.717) is 11.8 Å². The first kappa shape index (κ1) is 10.2. The van der Waals surface area contributed by atoms with Crippen molar-refractivity contribution in [3.8, 4) is 0 Å². The summed E-state index contributed by atoms with van der Waals surface area (Å²) in [4.78, 5) is 4.44. The molecule has 1 nitrogen and oxygen atoms in total. The van der Waals surface area contributed by atoms with E-state index in [1.165, 1.54) is 11.3 Å². The van der Waals surface area contributed by atoms with Gasteiger partial charge in [0, 0.05) is 18.3 Å². The number of rotatable bonds is 2. The Bertz CT molecular complexity index is 254. The molecule has 0 atom stereocenters. The van der Waals surface area contributed by atoms with Crippen LogP contribution in [-0.4, -0.2) is 6.21 Å². The molecule has 0 spiro atoms. The van der Waals surface area contributed by atoms with Gasteiger partial charge in [-0.05, 0) is 17.9 Å². The van der Waals surface area contributed by atoms with Gasteiger partial charge in [-0.2, -0.15) is 0 Å². The molecule has 0 aromatic rings. The second-order valence-corrected chi connectivity index (χ2v) is 4.16. The molecule has 1 aliphatic heterocycles. The maximum atomic E-state index is 4.44. The van der Waals surface area contributed by atoms with Crippen LogP contribution < -0.4 is 0 Å². The second kappa shape index (κ2) is 4.40. The zero-order valence-electron chi connectivity index (χ0n) is 9.04. The Hall–Kier alpha value is -0.850. The summed E-state index contributed by atoms with van der Waals surface area (Å²) < 4.78 is 0. The van der Waals surface area contributed by atoms with Crippen LogP contribution in [-0.2, 0) is 0 Å². The van der Waals surface area contributed by atoms with E-state index in [4.69, 9.17) is 0 Å². The number of hydrogen-bond acceptors (Lipinski definition) is 1. The lowest BCUT2D eigenvalue weighted by Crippen LogP contribution is -1.93. The van der Waals surface area contributed by atoms with Crippen molar-refractivity contribution < 1.29 is 0 Å². The average Bonchev–Trinajstić information content (AvgIpc) is 2.27. The van der Waals surface area contributed by atoms with Crippen molar-refractivity contribution in [1.29, 1.82) is 0 Å². The number of nitrogens with zero attached hydrogens (tertiary/aromatic N) is 1. The summed E-state index contributed by atoms with van der Waals surface area (Å²) in [5.41, 5.74) is 2.66. The fourth-order valence-electron chi connectivity index (χ4n) is 1.33. The molecule has 13 heavy (non-hydrogen) atoms. The Morgan fingerprint density at radius 2 is 1.77 bits per heavy atom. The highest BCUT2D eigenvalue weighted by molar-refractivity contribution is 5.64. The molecule has 0 fully saturated rings. The third kappa shape index (κ3) is 2.83. The molecule has 1 heterocycles. The van der Waals surface area contributed by atoms with Gasteiger partial charge in [-0.15, -0.1) is 0 Å². The Balaban J connectivity index is 2.83. The molecule has 72 valence electrons. The van der Waals surface area contributed by atoms with Gasteiger partial charge < -0.3 is 0 Å². The van der Waals surface area contributed by atoms with Crippen LogP contribution in [0, 0.1) is 11.8 Å². The molecule has 0 saturated carbocycles. The molecule has 1 aliphatic rings. The monoisotopic (exact) mass is 177 g/mol. The van der Waals surface area contributed by atoms with Crippen molar-refractivity contribution in [3.63, 3.8) is 0 Å². The van der Waals surface area contributed by atoms with Gasteiger partial charge in [0.1, 0.15) is 0 Å². The first-order valence-electron chi connectivity index (χ1n) is 5.04. The summed E-state index contributed by atoms with van der Waals surface area (Å²) >= 11 is 0. The van der Waals surface area contributed by atoms with E-state index >= 15 is 0 Å². The van der Waals surface area contributed by atoms with E-state index in [1.807, 2.05) is 6.21 Å². The first-order valence-corrected chi connectivity index (χ1v) is 5.04. The summed E-state index contributed by atoms with van der Waals surface area (Å²) in [6.45, 7) is 8.82. The Labute approximate surface area is 81.3 Å². The van der Waals surface area contributed by atoms with E-state index in [1.54, 1.807) is 0 Å². The normalized spacial score (nSPS) is 17.4. The highest BCUT2D eigenvalue weighted by Gasteiger charge is 2.05. The summed E-state index contributed by atoms with van der Waals surface area (Å²) in [5, 5.41) is 0. The SMILES string of the molecule is CC(C)C1=CC=C(C(C)C)N=CC1. The molecular formula is C12H19N. The molecule has 0 amide bonds. The van der Waals surface area contributed by atoms with Gasteiger partial charge in [0.2, 0.25) is 0 Å². The van der Waals surface area contributed by atoms with Crippen LogP contribution in [0.3, 0.4) is 0 Å². The molecule has 0 aliphatic carbocycles. The minimum absolute atomic E-state index is 0.527. The van der Waals surface area contributed by atoms with Gasteiger partial charge in [-0.1, -0.05) is 39.3 Å². The maximum absolute atomic E-state index is 4.44. The van der Waals surface area contributed by atoms with Crippen LogP contribution in [0.1, 0.15) is 34.1 Å². The standard InChI is InChI=1S/C12H19N/c1-9(2)11-5-6-12(10(3)4)13-8-7-11/h5-6,8-10H,7H2,1-4H3. The Morgan fingerprint density at radius 1 is 1.08 bits per heavy atom. The molecular weight excluding hydrogens is 158 g/mol. The minimum Gasteiger partial charge on any atom is -0.265 e. The van der Waals surface area contributed by atoms with Crippen LogP contribution >= 0.6 is 0 Å². The molecule has 0 N–H and O–H groups in total. The van der Waals surface area contributed by atoms with Gasteiger partial charge in [0.25, 0.3) is 0 Å². The quantitative estimate of drug-likeness (QED) is 0.611. The molecule has 1 heteroatoms. The molecule has 1 rings (SSSR count).